The van der Waals surface area contributed by atoms with E-state index in [2.05, 4.69) is 0 Å². The SMILES string of the molecule is CCCOc1cc(F)c(C(C)C(C)C(N)=S)cc1OCCC. The van der Waals surface area contributed by atoms with Crippen LogP contribution in [0.2, 0.25) is 0 Å². The smallest absolute Gasteiger partial charge is 0.164 e. The zero-order valence-electron chi connectivity index (χ0n) is 13.8. The summed E-state index contributed by atoms with van der Waals surface area (Å²) in [5.74, 6) is 0.499. The summed E-state index contributed by atoms with van der Waals surface area (Å²) in [7, 11) is 0. The molecule has 5 heteroatoms. The zero-order chi connectivity index (χ0) is 16.7. The van der Waals surface area contributed by atoms with Crippen molar-refractivity contribution in [2.45, 2.75) is 46.5 Å². The molecule has 0 bridgehead atoms. The van der Waals surface area contributed by atoms with Crippen molar-refractivity contribution >= 4 is 17.2 Å². The van der Waals surface area contributed by atoms with Gasteiger partial charge in [-0.2, -0.15) is 0 Å². The summed E-state index contributed by atoms with van der Waals surface area (Å²) < 4.78 is 25.7. The molecule has 1 rings (SSSR count). The van der Waals surface area contributed by atoms with Gasteiger partial charge in [-0.25, -0.2) is 4.39 Å². The summed E-state index contributed by atoms with van der Waals surface area (Å²) in [6.45, 7) is 8.93. The molecule has 0 heterocycles. The highest BCUT2D eigenvalue weighted by molar-refractivity contribution is 7.80. The van der Waals surface area contributed by atoms with E-state index in [0.29, 0.717) is 35.3 Å². The monoisotopic (exact) mass is 327 g/mol. The second kappa shape index (κ2) is 8.93. The normalized spacial score (nSPS) is 13.5. The standard InChI is InChI=1S/C17H26FNO2S/c1-5-7-20-15-9-13(11(3)12(4)17(19)22)14(18)10-16(15)21-8-6-2/h9-12H,5-8H2,1-4H3,(H2,19,22). The molecule has 2 N–H and O–H groups in total. The van der Waals surface area contributed by atoms with Crippen molar-refractivity contribution in [1.29, 1.82) is 0 Å². The summed E-state index contributed by atoms with van der Waals surface area (Å²) in [5.41, 5.74) is 6.24. The molecule has 0 radical (unpaired) electrons. The van der Waals surface area contributed by atoms with Crippen LogP contribution in [0.25, 0.3) is 0 Å². The Labute approximate surface area is 138 Å². The van der Waals surface area contributed by atoms with Gasteiger partial charge in [0.15, 0.2) is 11.5 Å². The van der Waals surface area contributed by atoms with E-state index in [1.165, 1.54) is 6.07 Å². The van der Waals surface area contributed by atoms with Crippen LogP contribution < -0.4 is 15.2 Å². The highest BCUT2D eigenvalue weighted by Gasteiger charge is 2.22. The molecular formula is C17H26FNO2S. The fourth-order valence-corrected chi connectivity index (χ4v) is 2.27. The van der Waals surface area contributed by atoms with Crippen LogP contribution in [0.3, 0.4) is 0 Å². The van der Waals surface area contributed by atoms with Crippen LogP contribution >= 0.6 is 12.2 Å². The van der Waals surface area contributed by atoms with Crippen LogP contribution in [-0.4, -0.2) is 18.2 Å². The van der Waals surface area contributed by atoms with Gasteiger partial charge in [0.05, 0.1) is 18.2 Å². The largest absolute Gasteiger partial charge is 0.490 e. The first kappa shape index (κ1) is 18.7. The molecule has 2 unspecified atom stereocenters. The second-order valence-corrected chi connectivity index (χ2v) is 5.97. The van der Waals surface area contributed by atoms with Crippen molar-refractivity contribution in [3.05, 3.63) is 23.5 Å². The van der Waals surface area contributed by atoms with Gasteiger partial charge in [0.1, 0.15) is 5.82 Å². The van der Waals surface area contributed by atoms with Crippen LogP contribution in [0.1, 0.15) is 52.0 Å². The molecular weight excluding hydrogens is 301 g/mol. The number of ether oxygens (including phenoxy) is 2. The lowest BCUT2D eigenvalue weighted by Gasteiger charge is -2.22. The molecule has 0 amide bonds. The zero-order valence-corrected chi connectivity index (χ0v) is 14.6. The molecule has 0 fully saturated rings. The van der Waals surface area contributed by atoms with Crippen LogP contribution in [0.4, 0.5) is 4.39 Å². The third kappa shape index (κ3) is 4.83. The molecule has 0 aromatic heterocycles. The second-order valence-electron chi connectivity index (χ2n) is 5.50. The third-order valence-corrected chi connectivity index (χ3v) is 4.05. The average Bonchev–Trinajstić information content (AvgIpc) is 2.50. The fourth-order valence-electron chi connectivity index (χ4n) is 2.07. The Hall–Kier alpha value is -1.36. The maximum absolute atomic E-state index is 14.4. The van der Waals surface area contributed by atoms with E-state index in [1.807, 2.05) is 27.7 Å². The first-order valence-corrected chi connectivity index (χ1v) is 8.21. The van der Waals surface area contributed by atoms with E-state index >= 15 is 0 Å². The predicted octanol–water partition coefficient (Wildman–Crippen LogP) is 4.43. The number of nitrogens with two attached hydrogens (primary N) is 1. The van der Waals surface area contributed by atoms with Gasteiger partial charge in [-0.3, -0.25) is 0 Å². The van der Waals surface area contributed by atoms with Crippen molar-refractivity contribution in [3.8, 4) is 11.5 Å². The number of hydrogen-bond acceptors (Lipinski definition) is 3. The Morgan fingerprint density at radius 1 is 1.14 bits per heavy atom. The molecule has 0 aliphatic carbocycles. The quantitative estimate of drug-likeness (QED) is 0.682. The van der Waals surface area contributed by atoms with Gasteiger partial charge in [-0.1, -0.05) is 39.9 Å². The Kier molecular flexibility index (Phi) is 7.59. The van der Waals surface area contributed by atoms with Crippen LogP contribution in [0.15, 0.2) is 12.1 Å². The van der Waals surface area contributed by atoms with Gasteiger partial charge in [0.25, 0.3) is 0 Å². The number of thiocarbonyl (C=S) groups is 1. The van der Waals surface area contributed by atoms with Crippen molar-refractivity contribution in [2.75, 3.05) is 13.2 Å². The molecule has 0 saturated carbocycles. The van der Waals surface area contributed by atoms with Crippen molar-refractivity contribution in [3.63, 3.8) is 0 Å². The predicted molar refractivity (Wildman–Crippen MR) is 92.3 cm³/mol. The van der Waals surface area contributed by atoms with Gasteiger partial charge in [0, 0.05) is 12.0 Å². The number of hydrogen-bond donors (Lipinski definition) is 1. The Balaban J connectivity index is 3.15. The minimum Gasteiger partial charge on any atom is -0.490 e. The molecule has 124 valence electrons. The van der Waals surface area contributed by atoms with Gasteiger partial charge in [0.2, 0.25) is 0 Å². The van der Waals surface area contributed by atoms with E-state index < -0.39 is 0 Å². The topological polar surface area (TPSA) is 44.5 Å². The molecule has 1 aromatic carbocycles. The highest BCUT2D eigenvalue weighted by Crippen LogP contribution is 2.36. The molecule has 1 aromatic rings. The van der Waals surface area contributed by atoms with Gasteiger partial charge in [-0.15, -0.1) is 0 Å². The lowest BCUT2D eigenvalue weighted by molar-refractivity contribution is 0.266. The summed E-state index contributed by atoms with van der Waals surface area (Å²) in [4.78, 5) is 0.384. The van der Waals surface area contributed by atoms with Crippen molar-refractivity contribution in [1.82, 2.24) is 0 Å². The summed E-state index contributed by atoms with van der Waals surface area (Å²) in [5, 5.41) is 0. The van der Waals surface area contributed by atoms with E-state index in [1.54, 1.807) is 6.07 Å². The first-order valence-electron chi connectivity index (χ1n) is 7.80. The Bertz CT molecular complexity index is 508. The molecule has 2 atom stereocenters. The highest BCUT2D eigenvalue weighted by atomic mass is 32.1. The lowest BCUT2D eigenvalue weighted by Crippen LogP contribution is -2.23. The Morgan fingerprint density at radius 2 is 1.64 bits per heavy atom. The van der Waals surface area contributed by atoms with E-state index in [9.17, 15) is 4.39 Å². The Morgan fingerprint density at radius 3 is 2.09 bits per heavy atom. The van der Waals surface area contributed by atoms with Crippen LogP contribution in [0.5, 0.6) is 11.5 Å². The number of halogens is 1. The molecule has 22 heavy (non-hydrogen) atoms. The van der Waals surface area contributed by atoms with E-state index in [4.69, 9.17) is 27.4 Å². The first-order chi connectivity index (χ1) is 10.4. The van der Waals surface area contributed by atoms with Crippen molar-refractivity contribution < 1.29 is 13.9 Å². The lowest BCUT2D eigenvalue weighted by atomic mass is 9.88. The molecule has 0 aliphatic rings. The van der Waals surface area contributed by atoms with Crippen LogP contribution in [-0.2, 0) is 0 Å². The van der Waals surface area contributed by atoms with E-state index in [-0.39, 0.29) is 17.7 Å². The fraction of sp³-hybridized carbons (Fsp3) is 0.588. The number of benzene rings is 1. The van der Waals surface area contributed by atoms with Gasteiger partial charge in [-0.05, 0) is 30.4 Å². The van der Waals surface area contributed by atoms with Crippen LogP contribution in [0, 0.1) is 11.7 Å². The summed E-state index contributed by atoms with van der Waals surface area (Å²) >= 11 is 5.02. The van der Waals surface area contributed by atoms with E-state index in [0.717, 1.165) is 12.8 Å². The van der Waals surface area contributed by atoms with Crippen molar-refractivity contribution in [2.24, 2.45) is 11.7 Å². The van der Waals surface area contributed by atoms with Gasteiger partial charge >= 0.3 is 0 Å². The molecule has 3 nitrogen and oxygen atoms in total. The molecule has 0 saturated heterocycles. The maximum Gasteiger partial charge on any atom is 0.164 e. The summed E-state index contributed by atoms with van der Waals surface area (Å²) in [6.07, 6.45) is 1.73. The average molecular weight is 327 g/mol. The van der Waals surface area contributed by atoms with Gasteiger partial charge < -0.3 is 15.2 Å². The molecule has 0 aliphatic heterocycles. The summed E-state index contributed by atoms with van der Waals surface area (Å²) in [6, 6.07) is 3.12. The minimum absolute atomic E-state index is 0.0917. The maximum atomic E-state index is 14.4. The third-order valence-electron chi connectivity index (χ3n) is 3.68. The number of rotatable bonds is 9. The minimum atomic E-state index is -0.314. The molecule has 0 spiro atoms.